The number of amidine groups is 1. The average molecular weight is 660 g/mol. The summed E-state index contributed by atoms with van der Waals surface area (Å²) in [5, 5.41) is 0. The van der Waals surface area contributed by atoms with Crippen LogP contribution in [0.2, 0.25) is 0 Å². The van der Waals surface area contributed by atoms with Crippen molar-refractivity contribution >= 4 is 21.8 Å². The zero-order valence-electron chi connectivity index (χ0n) is 26.7. The number of carbonyl (C=O) groups excluding carboxylic acids is 1. The van der Waals surface area contributed by atoms with E-state index in [1.54, 1.807) is 0 Å². The van der Waals surface area contributed by atoms with Crippen LogP contribution in [0.3, 0.4) is 0 Å². The van der Waals surface area contributed by atoms with Crippen molar-refractivity contribution < 1.29 is 31.1 Å². The molecule has 0 N–H and O–H groups in total. The lowest BCUT2D eigenvalue weighted by atomic mass is 9.89. The van der Waals surface area contributed by atoms with Crippen LogP contribution in [0.4, 0.5) is 13.2 Å². The monoisotopic (exact) mass is 659 g/mol. The Kier molecular flexibility index (Phi) is 10.6. The fraction of sp³-hybridized carbons (Fsp3) is 0.543. The maximum atomic E-state index is 13.9. The first-order chi connectivity index (χ1) is 21.9. The second kappa shape index (κ2) is 14.3. The van der Waals surface area contributed by atoms with E-state index in [0.29, 0.717) is 6.42 Å². The molecule has 0 unspecified atom stereocenters. The summed E-state index contributed by atoms with van der Waals surface area (Å²) >= 11 is 0. The largest absolute Gasteiger partial charge is 0.494 e. The van der Waals surface area contributed by atoms with Gasteiger partial charge in [0.2, 0.25) is 10.0 Å². The number of hydrogen-bond donors (Lipinski definition) is 0. The first-order valence-electron chi connectivity index (χ1n) is 16.3. The van der Waals surface area contributed by atoms with Gasteiger partial charge in [-0.15, -0.1) is 0 Å². The normalized spacial score (nSPS) is 25.8. The highest BCUT2D eigenvalue weighted by atomic mass is 32.2. The van der Waals surface area contributed by atoms with Crippen LogP contribution >= 0.6 is 0 Å². The van der Waals surface area contributed by atoms with Crippen LogP contribution in [0.15, 0.2) is 53.5 Å². The van der Waals surface area contributed by atoms with Gasteiger partial charge in [0.05, 0.1) is 17.9 Å². The molecule has 0 aromatic heterocycles. The third-order valence-corrected chi connectivity index (χ3v) is 11.2. The van der Waals surface area contributed by atoms with E-state index in [-0.39, 0.29) is 61.3 Å². The average Bonchev–Trinajstić information content (AvgIpc) is 3.25. The Morgan fingerprint density at radius 3 is 2.37 bits per heavy atom. The van der Waals surface area contributed by atoms with Crippen LogP contribution in [0.5, 0.6) is 5.75 Å². The van der Waals surface area contributed by atoms with Crippen molar-refractivity contribution in [2.75, 3.05) is 32.5 Å². The minimum atomic E-state index is -4.61. The molecule has 250 valence electrons. The lowest BCUT2D eigenvalue weighted by Crippen LogP contribution is -2.51. The molecule has 2 aromatic carbocycles. The maximum absolute atomic E-state index is 13.9. The molecular weight excluding hydrogens is 615 g/mol. The van der Waals surface area contributed by atoms with Gasteiger partial charge in [0, 0.05) is 25.7 Å². The van der Waals surface area contributed by atoms with E-state index in [1.165, 1.54) is 27.9 Å². The number of benzene rings is 2. The number of aryl methyl sites for hydroxylation is 3. The van der Waals surface area contributed by atoms with Crippen molar-refractivity contribution in [3.8, 4) is 5.75 Å². The molecule has 2 aromatic rings. The fourth-order valence-electron chi connectivity index (χ4n) is 6.56. The van der Waals surface area contributed by atoms with Gasteiger partial charge in [-0.1, -0.05) is 49.6 Å². The standard InChI is InChI=1S/C35H44F3N3O4S/c1-26-22-27-12-10-8-6-4-3-5-7-9-11-20-45-31-24-29(23-30(25-31)35(36,37)38)32-39-34(33(42)40(32)2)16-18-41(19-17-34)46(43,44)21-15-28(26)14-13-27/h6,8,13-14,22-25H,3-5,7,9-12,15-21H2,1-2H3/b8-6+. The second-order valence-electron chi connectivity index (χ2n) is 12.7. The summed E-state index contributed by atoms with van der Waals surface area (Å²) in [4.78, 5) is 19.5. The number of fused-ring (bicyclic) bond motifs is 2. The van der Waals surface area contributed by atoms with Gasteiger partial charge < -0.3 is 4.74 Å². The number of halogens is 3. The van der Waals surface area contributed by atoms with Gasteiger partial charge in [0.1, 0.15) is 17.1 Å². The van der Waals surface area contributed by atoms with Gasteiger partial charge >= 0.3 is 6.18 Å². The molecule has 0 atom stereocenters. The van der Waals surface area contributed by atoms with E-state index < -0.39 is 27.3 Å². The summed E-state index contributed by atoms with van der Waals surface area (Å²) < 4.78 is 75.6. The summed E-state index contributed by atoms with van der Waals surface area (Å²) in [6, 6.07) is 9.74. The van der Waals surface area contributed by atoms with E-state index in [9.17, 15) is 26.4 Å². The Bertz CT molecular complexity index is 1580. The van der Waals surface area contributed by atoms with Crippen molar-refractivity contribution in [2.45, 2.75) is 89.3 Å². The van der Waals surface area contributed by atoms with E-state index in [2.05, 4.69) is 24.3 Å². The molecule has 0 radical (unpaired) electrons. The van der Waals surface area contributed by atoms with Gasteiger partial charge in [0.15, 0.2) is 0 Å². The number of alkyl halides is 3. The molecular formula is C35H44F3N3O4S. The number of allylic oxidation sites excluding steroid dienone is 2. The molecule has 11 heteroatoms. The van der Waals surface area contributed by atoms with E-state index >= 15 is 0 Å². The highest BCUT2D eigenvalue weighted by molar-refractivity contribution is 7.89. The van der Waals surface area contributed by atoms with Gasteiger partial charge in [-0.3, -0.25) is 14.7 Å². The summed E-state index contributed by atoms with van der Waals surface area (Å²) in [6.07, 6.45) is 8.24. The van der Waals surface area contributed by atoms with E-state index in [1.807, 2.05) is 13.0 Å². The first-order valence-corrected chi connectivity index (χ1v) is 17.9. The number of carbonyl (C=O) groups is 1. The van der Waals surface area contributed by atoms with Crippen molar-refractivity contribution in [1.82, 2.24) is 9.21 Å². The van der Waals surface area contributed by atoms with Crippen LogP contribution in [0.1, 0.15) is 85.6 Å². The van der Waals surface area contributed by atoms with Crippen molar-refractivity contribution in [1.29, 1.82) is 0 Å². The van der Waals surface area contributed by atoms with Gasteiger partial charge in [-0.25, -0.2) is 12.7 Å². The number of nitrogens with zero attached hydrogens (tertiary/aromatic N) is 3. The second-order valence-corrected chi connectivity index (χ2v) is 14.8. The molecule has 1 saturated heterocycles. The van der Waals surface area contributed by atoms with E-state index in [4.69, 9.17) is 9.73 Å². The Morgan fingerprint density at radius 1 is 0.913 bits per heavy atom. The maximum Gasteiger partial charge on any atom is 0.416 e. The number of ether oxygens (including phenoxy) is 1. The Hall–Kier alpha value is -3.18. The molecule has 7 nitrogen and oxygen atoms in total. The minimum absolute atomic E-state index is 0.0434. The fourth-order valence-corrected chi connectivity index (χ4v) is 8.03. The molecule has 1 spiro atoms. The first kappa shape index (κ1) is 34.2. The zero-order chi connectivity index (χ0) is 33.0. The number of likely N-dealkylation sites (N-methyl/N-ethyl adjacent to an activating group) is 1. The molecule has 5 aliphatic heterocycles. The lowest BCUT2D eigenvalue weighted by molar-refractivity contribution is -0.137. The predicted octanol–water partition coefficient (Wildman–Crippen LogP) is 6.86. The number of rotatable bonds is 0. The highest BCUT2D eigenvalue weighted by Crippen LogP contribution is 2.38. The molecule has 46 heavy (non-hydrogen) atoms. The molecule has 5 heterocycles. The number of hydrogen-bond acceptors (Lipinski definition) is 5. The summed E-state index contributed by atoms with van der Waals surface area (Å²) in [5.41, 5.74) is 1.37. The zero-order valence-corrected chi connectivity index (χ0v) is 27.6. The van der Waals surface area contributed by atoms with Crippen molar-refractivity contribution in [2.24, 2.45) is 4.99 Å². The SMILES string of the molecule is Cc1cc2ccc1CCS(=O)(=O)N1CCC3(CC1)N=C(c1cc(cc(C(F)(F)F)c1)OCCCCCCC/C=C/CC2)N(C)C3=O. The third kappa shape index (κ3) is 8.02. The number of piperidine rings is 1. The Balaban J connectivity index is 1.38. The van der Waals surface area contributed by atoms with Crippen molar-refractivity contribution in [3.63, 3.8) is 0 Å². The Labute approximate surface area is 270 Å². The van der Waals surface area contributed by atoms with Crippen LogP contribution in [0.25, 0.3) is 0 Å². The molecule has 0 aliphatic carbocycles. The van der Waals surface area contributed by atoms with Gasteiger partial charge in [-0.2, -0.15) is 13.2 Å². The van der Waals surface area contributed by atoms with Gasteiger partial charge in [-0.05, 0) is 93.2 Å². The quantitative estimate of drug-likeness (QED) is 0.290. The summed E-state index contributed by atoms with van der Waals surface area (Å²) in [5.74, 6) is -0.163. The third-order valence-electron chi connectivity index (χ3n) is 9.36. The summed E-state index contributed by atoms with van der Waals surface area (Å²) in [7, 11) is -2.09. The molecule has 1 amide bonds. The predicted molar refractivity (Wildman–Crippen MR) is 174 cm³/mol. The molecule has 7 bridgehead atoms. The van der Waals surface area contributed by atoms with Crippen LogP contribution in [-0.2, 0) is 33.8 Å². The smallest absolute Gasteiger partial charge is 0.416 e. The van der Waals surface area contributed by atoms with E-state index in [0.717, 1.165) is 74.6 Å². The van der Waals surface area contributed by atoms with Crippen LogP contribution in [-0.4, -0.2) is 67.4 Å². The van der Waals surface area contributed by atoms with Crippen LogP contribution in [0, 0.1) is 6.92 Å². The molecule has 7 rings (SSSR count). The molecule has 5 aliphatic rings. The van der Waals surface area contributed by atoms with Crippen molar-refractivity contribution in [3.05, 3.63) is 76.4 Å². The lowest BCUT2D eigenvalue weighted by Gasteiger charge is -2.35. The number of aliphatic imine (C=N–C) groups is 1. The number of amides is 1. The molecule has 1 fully saturated rings. The summed E-state index contributed by atoms with van der Waals surface area (Å²) in [6.45, 7) is 2.53. The topological polar surface area (TPSA) is 79.3 Å². The van der Waals surface area contributed by atoms with Crippen LogP contribution < -0.4 is 4.74 Å². The highest BCUT2D eigenvalue weighted by Gasteiger charge is 2.50. The van der Waals surface area contributed by atoms with Gasteiger partial charge in [0.25, 0.3) is 5.91 Å². The Morgan fingerprint density at radius 2 is 1.63 bits per heavy atom. The molecule has 0 saturated carbocycles. The number of sulfonamides is 1. The minimum Gasteiger partial charge on any atom is -0.494 e.